The van der Waals surface area contributed by atoms with Gasteiger partial charge in [0, 0.05) is 52.9 Å². The molecule has 4 heterocycles. The smallest absolute Gasteiger partial charge is 0.155 e. The number of aliphatic hydroxyl groups excluding tert-OH is 1. The standard InChI is InChI=1S/C30H35FN6O2S/c1-19-25(21-8-5-6-10-23(21)31)37-26(20(18-38)17-33-37)28(34-19)36-14-11-30(12-15-36)16-24-22(9-7-13-32-24)27(30)35-40(39)29(2,3)4/h5-10,13,17,27,35,38H,11-12,14-16,18H2,1-4H3/t27-,40-/m1/s1. The van der Waals surface area contributed by atoms with Gasteiger partial charge >= 0.3 is 0 Å². The number of pyridine rings is 1. The highest BCUT2D eigenvalue weighted by molar-refractivity contribution is 7.90. The highest BCUT2D eigenvalue weighted by Gasteiger charge is 2.51. The van der Waals surface area contributed by atoms with Crippen LogP contribution in [0.3, 0.4) is 0 Å². The summed E-state index contributed by atoms with van der Waals surface area (Å²) in [4.78, 5) is 11.9. The molecule has 1 aliphatic carbocycles. The number of fused-ring (bicyclic) bond motifs is 2. The van der Waals surface area contributed by atoms with Crippen molar-refractivity contribution in [2.45, 2.75) is 64.4 Å². The van der Waals surface area contributed by atoms with Crippen LogP contribution >= 0.6 is 0 Å². The number of hydrogen-bond acceptors (Lipinski definition) is 7. The maximum Gasteiger partial charge on any atom is 0.155 e. The quantitative estimate of drug-likeness (QED) is 0.341. The minimum atomic E-state index is -1.22. The van der Waals surface area contributed by atoms with Gasteiger partial charge in [-0.25, -0.2) is 13.9 Å². The predicted octanol–water partition coefficient (Wildman–Crippen LogP) is 4.67. The first kappa shape index (κ1) is 27.1. The van der Waals surface area contributed by atoms with Gasteiger partial charge in [0.15, 0.2) is 5.82 Å². The lowest BCUT2D eigenvalue weighted by atomic mass is 9.73. The maximum absolute atomic E-state index is 14.8. The largest absolute Gasteiger partial charge is 0.598 e. The molecule has 2 N–H and O–H groups in total. The van der Waals surface area contributed by atoms with E-state index in [0.29, 0.717) is 28.0 Å². The minimum Gasteiger partial charge on any atom is -0.598 e. The van der Waals surface area contributed by atoms with Crippen LogP contribution in [0, 0.1) is 18.2 Å². The van der Waals surface area contributed by atoms with Gasteiger partial charge in [-0.15, -0.1) is 4.72 Å². The number of hydrogen-bond donors (Lipinski definition) is 2. The van der Waals surface area contributed by atoms with Crippen LogP contribution in [-0.2, 0) is 24.4 Å². The Balaban J connectivity index is 1.35. The van der Waals surface area contributed by atoms with Gasteiger partial charge in [0.05, 0.1) is 30.2 Å². The molecular weight excluding hydrogens is 527 g/mol. The number of aliphatic hydroxyl groups is 1. The molecule has 2 atom stereocenters. The molecule has 0 bridgehead atoms. The van der Waals surface area contributed by atoms with E-state index in [2.05, 4.69) is 25.8 Å². The van der Waals surface area contributed by atoms with Crippen LogP contribution < -0.4 is 9.62 Å². The Hall–Kier alpha value is -3.05. The van der Waals surface area contributed by atoms with Crippen LogP contribution in [0.1, 0.15) is 62.2 Å². The highest BCUT2D eigenvalue weighted by Crippen LogP contribution is 2.52. The van der Waals surface area contributed by atoms with Crippen LogP contribution in [0.25, 0.3) is 16.8 Å². The molecule has 10 heteroatoms. The van der Waals surface area contributed by atoms with E-state index in [4.69, 9.17) is 4.98 Å². The van der Waals surface area contributed by atoms with E-state index in [1.54, 1.807) is 28.9 Å². The molecule has 0 radical (unpaired) electrons. The van der Waals surface area contributed by atoms with Crippen molar-refractivity contribution < 1.29 is 14.0 Å². The van der Waals surface area contributed by atoms with E-state index in [0.717, 1.165) is 49.4 Å². The number of nitrogens with one attached hydrogen (secondary N) is 1. The van der Waals surface area contributed by atoms with Crippen molar-refractivity contribution in [2.24, 2.45) is 5.41 Å². The number of aryl methyl sites for hydroxylation is 1. The van der Waals surface area contributed by atoms with Gasteiger partial charge in [-0.1, -0.05) is 18.2 Å². The zero-order chi connectivity index (χ0) is 28.2. The third kappa shape index (κ3) is 4.47. The average Bonchev–Trinajstić information content (AvgIpc) is 3.48. The molecule has 0 saturated carbocycles. The van der Waals surface area contributed by atoms with E-state index >= 15 is 0 Å². The first-order chi connectivity index (χ1) is 19.1. The van der Waals surface area contributed by atoms with Crippen LogP contribution in [-0.4, -0.2) is 47.1 Å². The summed E-state index contributed by atoms with van der Waals surface area (Å²) in [6.07, 6.45) is 6.01. The fourth-order valence-corrected chi connectivity index (χ4v) is 7.18. The van der Waals surface area contributed by atoms with Gasteiger partial charge in [0.25, 0.3) is 0 Å². The Labute approximate surface area is 237 Å². The van der Waals surface area contributed by atoms with Gasteiger partial charge in [-0.05, 0) is 70.7 Å². The lowest BCUT2D eigenvalue weighted by Gasteiger charge is -2.44. The molecule has 1 fully saturated rings. The van der Waals surface area contributed by atoms with Crippen molar-refractivity contribution in [2.75, 3.05) is 18.0 Å². The van der Waals surface area contributed by atoms with Crippen LogP contribution in [0.5, 0.6) is 0 Å². The normalized spacial score (nSPS) is 19.4. The molecule has 40 heavy (non-hydrogen) atoms. The molecule has 6 rings (SSSR count). The highest BCUT2D eigenvalue weighted by atomic mass is 32.2. The van der Waals surface area contributed by atoms with Crippen molar-refractivity contribution in [1.82, 2.24) is 24.3 Å². The Morgan fingerprint density at radius 1 is 1.18 bits per heavy atom. The molecule has 210 valence electrons. The molecule has 4 aromatic rings. The molecule has 8 nitrogen and oxygen atoms in total. The molecule has 1 aliphatic heterocycles. The van der Waals surface area contributed by atoms with Crippen molar-refractivity contribution >= 4 is 22.7 Å². The van der Waals surface area contributed by atoms with Gasteiger partial charge < -0.3 is 14.6 Å². The second-order valence-corrected chi connectivity index (χ2v) is 13.9. The number of anilines is 1. The summed E-state index contributed by atoms with van der Waals surface area (Å²) in [6, 6.07) is 10.6. The lowest BCUT2D eigenvalue weighted by Crippen LogP contribution is -2.50. The number of piperidine rings is 1. The van der Waals surface area contributed by atoms with Crippen LogP contribution in [0.4, 0.5) is 10.2 Å². The zero-order valence-corrected chi connectivity index (χ0v) is 24.1. The summed E-state index contributed by atoms with van der Waals surface area (Å²) in [5.74, 6) is 0.397. The minimum absolute atomic E-state index is 0.0560. The SMILES string of the molecule is Cc1nc(N2CCC3(CC2)Cc2ncccc2[C@H]3N[S@+]([O-])C(C)(C)C)c2c(CO)cnn2c1-c1ccccc1F. The molecule has 1 aromatic carbocycles. The molecule has 1 spiro atoms. The number of benzene rings is 1. The van der Waals surface area contributed by atoms with Gasteiger partial charge in [0.1, 0.15) is 16.1 Å². The summed E-state index contributed by atoms with van der Waals surface area (Å²) in [5, 5.41) is 14.7. The Morgan fingerprint density at radius 3 is 2.62 bits per heavy atom. The van der Waals surface area contributed by atoms with Crippen LogP contribution in [0.2, 0.25) is 0 Å². The second-order valence-electron chi connectivity index (χ2n) is 11.9. The average molecular weight is 563 g/mol. The Morgan fingerprint density at radius 2 is 1.93 bits per heavy atom. The fraction of sp³-hybridized carbons (Fsp3) is 0.433. The number of rotatable bonds is 5. The Kier molecular flexibility index (Phi) is 6.85. The maximum atomic E-state index is 14.8. The van der Waals surface area contributed by atoms with Crippen molar-refractivity contribution in [1.29, 1.82) is 0 Å². The van der Waals surface area contributed by atoms with Gasteiger partial charge in [-0.3, -0.25) is 4.98 Å². The Bertz CT molecular complexity index is 1560. The summed E-state index contributed by atoms with van der Waals surface area (Å²) in [7, 11) is 0. The third-order valence-corrected chi connectivity index (χ3v) is 9.95. The summed E-state index contributed by atoms with van der Waals surface area (Å²) < 4.78 is 32.9. The lowest BCUT2D eigenvalue weighted by molar-refractivity contribution is 0.175. The van der Waals surface area contributed by atoms with E-state index < -0.39 is 11.4 Å². The first-order valence-electron chi connectivity index (χ1n) is 13.7. The number of nitrogens with zero attached hydrogens (tertiary/aromatic N) is 5. The first-order valence-corrected chi connectivity index (χ1v) is 14.9. The molecule has 3 aromatic heterocycles. The van der Waals surface area contributed by atoms with Gasteiger partial charge in [0.2, 0.25) is 0 Å². The predicted molar refractivity (Wildman–Crippen MR) is 155 cm³/mol. The molecule has 1 saturated heterocycles. The second kappa shape index (κ2) is 10.1. The zero-order valence-electron chi connectivity index (χ0n) is 23.3. The topological polar surface area (TPSA) is 102 Å². The van der Waals surface area contributed by atoms with E-state index in [1.165, 1.54) is 6.07 Å². The molecular formula is C30H35FN6O2S. The van der Waals surface area contributed by atoms with Crippen molar-refractivity contribution in [3.63, 3.8) is 0 Å². The summed E-state index contributed by atoms with van der Waals surface area (Å²) in [6.45, 7) is 9.09. The van der Waals surface area contributed by atoms with Crippen molar-refractivity contribution in [3.05, 3.63) is 77.1 Å². The molecule has 0 amide bonds. The third-order valence-electron chi connectivity index (χ3n) is 8.39. The summed E-state index contributed by atoms with van der Waals surface area (Å²) >= 11 is -1.22. The van der Waals surface area contributed by atoms with Crippen LogP contribution in [0.15, 0.2) is 48.8 Å². The monoisotopic (exact) mass is 562 g/mol. The van der Waals surface area contributed by atoms with Crippen molar-refractivity contribution in [3.8, 4) is 11.3 Å². The molecule has 0 unspecified atom stereocenters. The van der Waals surface area contributed by atoms with E-state index in [-0.39, 0.29) is 28.6 Å². The van der Waals surface area contributed by atoms with Gasteiger partial charge in [-0.2, -0.15) is 5.10 Å². The number of halogens is 1. The van der Waals surface area contributed by atoms with E-state index in [1.807, 2.05) is 40.0 Å². The number of aromatic nitrogens is 4. The molecule has 2 aliphatic rings. The van der Waals surface area contributed by atoms with E-state index in [9.17, 15) is 14.0 Å². The summed E-state index contributed by atoms with van der Waals surface area (Å²) in [5.41, 5.74) is 5.11. The fourth-order valence-electron chi connectivity index (χ4n) is 6.23.